The molecule has 2 amide bonds. The first kappa shape index (κ1) is 18.8. The summed E-state index contributed by atoms with van der Waals surface area (Å²) < 4.78 is 10.7. The molecule has 1 aromatic carbocycles. The van der Waals surface area contributed by atoms with E-state index in [9.17, 15) is 9.59 Å². The van der Waals surface area contributed by atoms with Crippen LogP contribution in [-0.2, 0) is 9.59 Å². The lowest BCUT2D eigenvalue weighted by Crippen LogP contribution is -2.24. The Bertz CT molecular complexity index is 895. The number of carbonyl (C=O) groups excluding carboxylic acids is 2. The van der Waals surface area contributed by atoms with E-state index in [0.29, 0.717) is 33.8 Å². The molecule has 0 aliphatic carbocycles. The van der Waals surface area contributed by atoms with Gasteiger partial charge in [0.1, 0.15) is 0 Å². The minimum atomic E-state index is -0.359. The van der Waals surface area contributed by atoms with Gasteiger partial charge in [-0.15, -0.1) is 10.2 Å². The van der Waals surface area contributed by atoms with Gasteiger partial charge in [-0.25, -0.2) is 5.43 Å². The number of carbonyl (C=O) groups is 2. The maximum absolute atomic E-state index is 12.2. The maximum Gasteiger partial charge on any atom is 0.248 e. The summed E-state index contributed by atoms with van der Waals surface area (Å²) in [5.74, 6) is 0.367. The molecule has 0 spiro atoms. The number of hydrogen-bond donors (Lipinski definition) is 2. The summed E-state index contributed by atoms with van der Waals surface area (Å²) in [5.41, 5.74) is 3.83. The molecule has 0 unspecified atom stereocenters. The number of hydrogen-bond acceptors (Lipinski definition) is 8. The number of nitrogens with one attached hydrogen (secondary N) is 2. The SMILES string of the molecule is COc1cccc(-c2nnc(NC(=O)CC[C@@H]3C(=O)NN=C3C)s2)c1OC. The Hall–Kier alpha value is -3.01. The molecule has 10 heteroatoms. The molecule has 2 heterocycles. The Morgan fingerprint density at radius 3 is 2.78 bits per heavy atom. The number of rotatable bonds is 7. The second-order valence-corrected chi connectivity index (χ2v) is 6.80. The lowest BCUT2D eigenvalue weighted by Gasteiger charge is -2.10. The molecular formula is C17H19N5O4S. The summed E-state index contributed by atoms with van der Waals surface area (Å²) in [7, 11) is 3.11. The average molecular weight is 389 g/mol. The summed E-state index contributed by atoms with van der Waals surface area (Å²) in [4.78, 5) is 23.8. The number of ether oxygens (including phenoxy) is 2. The Labute approximate surface area is 159 Å². The van der Waals surface area contributed by atoms with E-state index in [1.807, 2.05) is 12.1 Å². The molecule has 0 bridgehead atoms. The van der Waals surface area contributed by atoms with Gasteiger partial charge in [0, 0.05) is 12.1 Å². The lowest BCUT2D eigenvalue weighted by molar-refractivity contribution is -0.122. The number of methoxy groups -OCH3 is 2. The molecule has 1 aliphatic heterocycles. The smallest absolute Gasteiger partial charge is 0.248 e. The van der Waals surface area contributed by atoms with Crippen molar-refractivity contribution in [3.05, 3.63) is 18.2 Å². The van der Waals surface area contributed by atoms with Crippen molar-refractivity contribution >= 4 is 34.0 Å². The average Bonchev–Trinajstić information content (AvgIpc) is 3.26. The molecule has 0 saturated heterocycles. The number of hydrazone groups is 1. The summed E-state index contributed by atoms with van der Waals surface area (Å²) in [6, 6.07) is 5.46. The van der Waals surface area contributed by atoms with Gasteiger partial charge in [0.2, 0.25) is 16.9 Å². The molecule has 142 valence electrons. The molecule has 3 rings (SSSR count). The van der Waals surface area contributed by atoms with E-state index in [4.69, 9.17) is 9.47 Å². The van der Waals surface area contributed by atoms with Crippen LogP contribution in [0.1, 0.15) is 19.8 Å². The van der Waals surface area contributed by atoms with Gasteiger partial charge in [-0.1, -0.05) is 17.4 Å². The maximum atomic E-state index is 12.2. The molecular weight excluding hydrogens is 370 g/mol. The molecule has 0 saturated carbocycles. The van der Waals surface area contributed by atoms with Crippen molar-refractivity contribution < 1.29 is 19.1 Å². The van der Waals surface area contributed by atoms with Crippen LogP contribution in [0, 0.1) is 5.92 Å². The van der Waals surface area contributed by atoms with Crippen molar-refractivity contribution in [1.82, 2.24) is 15.6 Å². The van der Waals surface area contributed by atoms with Crippen LogP contribution in [0.3, 0.4) is 0 Å². The van der Waals surface area contributed by atoms with Crippen LogP contribution in [0.5, 0.6) is 11.5 Å². The van der Waals surface area contributed by atoms with Crippen LogP contribution in [0.4, 0.5) is 5.13 Å². The second-order valence-electron chi connectivity index (χ2n) is 5.82. The number of amides is 2. The third-order valence-electron chi connectivity index (χ3n) is 4.13. The molecule has 1 aliphatic rings. The van der Waals surface area contributed by atoms with Crippen molar-refractivity contribution in [2.24, 2.45) is 11.0 Å². The Balaban J connectivity index is 1.65. The largest absolute Gasteiger partial charge is 0.493 e. The Morgan fingerprint density at radius 2 is 2.11 bits per heavy atom. The van der Waals surface area contributed by atoms with Crippen LogP contribution in [-0.4, -0.2) is 41.9 Å². The van der Waals surface area contributed by atoms with E-state index in [1.165, 1.54) is 11.3 Å². The topological polar surface area (TPSA) is 115 Å². The summed E-state index contributed by atoms with van der Waals surface area (Å²) >= 11 is 1.23. The Kier molecular flexibility index (Phi) is 5.65. The first-order chi connectivity index (χ1) is 13.0. The van der Waals surface area contributed by atoms with Gasteiger partial charge in [-0.3, -0.25) is 9.59 Å². The molecule has 0 fully saturated rings. The van der Waals surface area contributed by atoms with Gasteiger partial charge < -0.3 is 14.8 Å². The molecule has 9 nitrogen and oxygen atoms in total. The fourth-order valence-corrected chi connectivity index (χ4v) is 3.51. The highest BCUT2D eigenvalue weighted by atomic mass is 32.1. The molecule has 27 heavy (non-hydrogen) atoms. The first-order valence-electron chi connectivity index (χ1n) is 8.22. The zero-order valence-electron chi connectivity index (χ0n) is 15.1. The molecule has 1 aromatic heterocycles. The number of para-hydroxylation sites is 1. The second kappa shape index (κ2) is 8.12. The number of nitrogens with zero attached hydrogens (tertiary/aromatic N) is 3. The van der Waals surface area contributed by atoms with E-state index in [0.717, 1.165) is 5.56 Å². The highest BCUT2D eigenvalue weighted by molar-refractivity contribution is 7.18. The first-order valence-corrected chi connectivity index (χ1v) is 9.04. The van der Waals surface area contributed by atoms with Gasteiger partial charge in [0.15, 0.2) is 16.5 Å². The van der Waals surface area contributed by atoms with Gasteiger partial charge in [-0.2, -0.15) is 5.10 Å². The van der Waals surface area contributed by atoms with Crippen LogP contribution in [0.15, 0.2) is 23.3 Å². The predicted molar refractivity (Wildman–Crippen MR) is 101 cm³/mol. The zero-order chi connectivity index (χ0) is 19.4. The van der Waals surface area contributed by atoms with E-state index >= 15 is 0 Å². The standard InChI is InChI=1S/C17H19N5O4S/c1-9-10(15(24)20-19-9)7-8-13(23)18-17-22-21-16(27-17)11-5-4-6-12(25-2)14(11)26-3/h4-6,10H,7-8H2,1-3H3,(H,20,24)(H,18,22,23)/t10-/m0/s1. The van der Waals surface area contributed by atoms with Crippen molar-refractivity contribution in [2.75, 3.05) is 19.5 Å². The quantitative estimate of drug-likeness (QED) is 0.749. The van der Waals surface area contributed by atoms with E-state index in [2.05, 4.69) is 26.0 Å². The van der Waals surface area contributed by atoms with Crippen molar-refractivity contribution in [3.63, 3.8) is 0 Å². The van der Waals surface area contributed by atoms with Gasteiger partial charge in [0.25, 0.3) is 0 Å². The van der Waals surface area contributed by atoms with Crippen LogP contribution < -0.4 is 20.2 Å². The molecule has 0 radical (unpaired) electrons. The summed E-state index contributed by atoms with van der Waals surface area (Å²) in [5, 5.41) is 15.7. The normalized spacial score (nSPS) is 15.9. The van der Waals surface area contributed by atoms with Crippen molar-refractivity contribution in [3.8, 4) is 22.1 Å². The molecule has 2 N–H and O–H groups in total. The summed E-state index contributed by atoms with van der Waals surface area (Å²) in [6.45, 7) is 1.76. The van der Waals surface area contributed by atoms with Crippen LogP contribution in [0.25, 0.3) is 10.6 Å². The monoisotopic (exact) mass is 389 g/mol. The van der Waals surface area contributed by atoms with E-state index < -0.39 is 0 Å². The van der Waals surface area contributed by atoms with Crippen LogP contribution in [0.2, 0.25) is 0 Å². The molecule has 2 aromatic rings. The van der Waals surface area contributed by atoms with Gasteiger partial charge in [0.05, 0.1) is 25.7 Å². The predicted octanol–water partition coefficient (Wildman–Crippen LogP) is 2.06. The highest BCUT2D eigenvalue weighted by Crippen LogP contribution is 2.39. The van der Waals surface area contributed by atoms with Crippen LogP contribution >= 0.6 is 11.3 Å². The van der Waals surface area contributed by atoms with Crippen molar-refractivity contribution in [1.29, 1.82) is 0 Å². The number of anilines is 1. The van der Waals surface area contributed by atoms with Gasteiger partial charge >= 0.3 is 0 Å². The zero-order valence-corrected chi connectivity index (χ0v) is 15.9. The fraction of sp³-hybridized carbons (Fsp3) is 0.353. The van der Waals surface area contributed by atoms with E-state index in [-0.39, 0.29) is 24.2 Å². The fourth-order valence-electron chi connectivity index (χ4n) is 2.72. The Morgan fingerprint density at radius 1 is 1.30 bits per heavy atom. The summed E-state index contributed by atoms with van der Waals surface area (Å²) in [6.07, 6.45) is 0.574. The minimum Gasteiger partial charge on any atom is -0.493 e. The lowest BCUT2D eigenvalue weighted by atomic mass is 9.99. The number of aromatic nitrogens is 2. The third-order valence-corrected chi connectivity index (χ3v) is 5.00. The highest BCUT2D eigenvalue weighted by Gasteiger charge is 2.27. The minimum absolute atomic E-state index is 0.177. The van der Waals surface area contributed by atoms with E-state index in [1.54, 1.807) is 27.2 Å². The molecule has 1 atom stereocenters. The number of benzene rings is 1. The third kappa shape index (κ3) is 4.05. The van der Waals surface area contributed by atoms with Gasteiger partial charge in [-0.05, 0) is 25.5 Å². The van der Waals surface area contributed by atoms with Crippen molar-refractivity contribution in [2.45, 2.75) is 19.8 Å².